The highest BCUT2D eigenvalue weighted by Crippen LogP contribution is 2.44. The second-order valence-corrected chi connectivity index (χ2v) is 14.2. The van der Waals surface area contributed by atoms with Gasteiger partial charge in [-0.2, -0.15) is 18.4 Å². The lowest BCUT2D eigenvalue weighted by Gasteiger charge is -2.32. The third-order valence-corrected chi connectivity index (χ3v) is 9.12. The predicted molar refractivity (Wildman–Crippen MR) is 177 cm³/mol. The highest BCUT2D eigenvalue weighted by atomic mass is 32.2. The third-order valence-electron chi connectivity index (χ3n) is 8.35. The number of fused-ring (bicyclic) bond motifs is 2. The molecule has 0 spiro atoms. The number of nitrogens with one attached hydrogen (secondary N) is 2. The molecule has 17 heteroatoms. The Morgan fingerprint density at radius 1 is 1.14 bits per heavy atom. The lowest BCUT2D eigenvalue weighted by Crippen LogP contribution is -2.60. The molecule has 0 bridgehead atoms. The molecule has 2 aromatic carbocycles. The van der Waals surface area contributed by atoms with Crippen LogP contribution in [0.3, 0.4) is 0 Å². The number of benzene rings is 2. The van der Waals surface area contributed by atoms with Crippen LogP contribution in [-0.2, 0) is 35.6 Å². The van der Waals surface area contributed by atoms with Crippen molar-refractivity contribution in [2.24, 2.45) is 0 Å². The Hall–Kier alpha value is -5.08. The Bertz CT molecular complexity index is 1980. The van der Waals surface area contributed by atoms with E-state index in [-0.39, 0.29) is 17.8 Å². The van der Waals surface area contributed by atoms with E-state index in [1.165, 1.54) is 15.9 Å². The number of anilines is 2. The van der Waals surface area contributed by atoms with Crippen LogP contribution in [0.2, 0.25) is 0 Å². The zero-order valence-corrected chi connectivity index (χ0v) is 28.3. The van der Waals surface area contributed by atoms with Gasteiger partial charge in [0.05, 0.1) is 47.2 Å². The van der Waals surface area contributed by atoms with Gasteiger partial charge in [0.15, 0.2) is 9.84 Å². The van der Waals surface area contributed by atoms with Crippen molar-refractivity contribution in [1.29, 1.82) is 5.26 Å². The van der Waals surface area contributed by atoms with Crippen LogP contribution in [0.15, 0.2) is 48.7 Å². The molecule has 0 radical (unpaired) electrons. The lowest BCUT2D eigenvalue weighted by atomic mass is 9.99. The number of aliphatic carboxylic acids is 1. The molecule has 1 saturated carbocycles. The summed E-state index contributed by atoms with van der Waals surface area (Å²) in [6.45, 7) is 3.35. The number of sulfone groups is 1. The summed E-state index contributed by atoms with van der Waals surface area (Å²) in [6.07, 6.45) is -0.252. The second-order valence-electron chi connectivity index (χ2n) is 12.1. The molecule has 3 N–H and O–H groups in total. The van der Waals surface area contributed by atoms with Crippen LogP contribution in [-0.4, -0.2) is 85.6 Å². The maximum atomic E-state index is 14.6. The molecule has 3 atom stereocenters. The molecular weight excluding hydrogens is 681 g/mol. The summed E-state index contributed by atoms with van der Waals surface area (Å²) >= 11 is 0. The van der Waals surface area contributed by atoms with E-state index in [2.05, 4.69) is 21.7 Å². The minimum atomic E-state index is -5.08. The van der Waals surface area contributed by atoms with Crippen molar-refractivity contribution in [2.75, 3.05) is 28.9 Å². The van der Waals surface area contributed by atoms with E-state index in [0.29, 0.717) is 11.6 Å². The van der Waals surface area contributed by atoms with E-state index in [4.69, 9.17) is 9.90 Å². The zero-order chi connectivity index (χ0) is 37.1. The Labute approximate surface area is 286 Å². The maximum Gasteiger partial charge on any atom is 0.490 e. The number of nitriles is 1. The topological polar surface area (TPSA) is 190 Å². The van der Waals surface area contributed by atoms with Gasteiger partial charge in [-0.15, -0.1) is 0 Å². The number of halogens is 3. The van der Waals surface area contributed by atoms with Crippen molar-refractivity contribution in [2.45, 2.75) is 63.5 Å². The van der Waals surface area contributed by atoms with E-state index in [1.54, 1.807) is 33.0 Å². The standard InChI is InChI=1S/C31H34N6O5S.C2HF3O2/c1-18(33-3)30(39)35-29-19(2)37(28(38)17-43(4,41)42)27-13-20(14-32)9-12-26(27)36(31(29)40)16-24-22-7-5-6-8-25(22)34-15-23(24)21-10-11-21;3-2(4,5)1(6)7/h5-9,12-13,15,18-19,21,29,33H,10-11,16-17H2,1-4H3,(H,35,39);(H,6,7)/t18-,19-,29-;/m0./s1. The van der Waals surface area contributed by atoms with Gasteiger partial charge in [-0.3, -0.25) is 19.4 Å². The highest BCUT2D eigenvalue weighted by Gasteiger charge is 2.44. The van der Waals surface area contributed by atoms with Crippen molar-refractivity contribution >= 4 is 55.8 Å². The smallest absolute Gasteiger partial charge is 0.475 e. The predicted octanol–water partition coefficient (Wildman–Crippen LogP) is 3.02. The van der Waals surface area contributed by atoms with Crippen molar-refractivity contribution in [3.63, 3.8) is 0 Å². The van der Waals surface area contributed by atoms with E-state index < -0.39 is 63.6 Å². The van der Waals surface area contributed by atoms with E-state index in [0.717, 1.165) is 41.1 Å². The number of hydrogen-bond acceptors (Lipinski definition) is 9. The fourth-order valence-corrected chi connectivity index (χ4v) is 6.17. The average molecular weight is 717 g/mol. The number of carboxylic acid groups (broad SMARTS) is 1. The molecule has 1 aliphatic carbocycles. The van der Waals surface area contributed by atoms with Gasteiger partial charge in [-0.05, 0) is 75.0 Å². The Kier molecular flexibility index (Phi) is 11.2. The molecule has 3 amide bonds. The van der Waals surface area contributed by atoms with Crippen molar-refractivity contribution in [3.05, 3.63) is 65.4 Å². The Morgan fingerprint density at radius 3 is 2.34 bits per heavy atom. The lowest BCUT2D eigenvalue weighted by molar-refractivity contribution is -0.192. The Balaban J connectivity index is 0.000000727. The second kappa shape index (κ2) is 14.8. The molecule has 50 heavy (non-hydrogen) atoms. The van der Waals surface area contributed by atoms with Crippen molar-refractivity contribution in [3.8, 4) is 6.07 Å². The number of aromatic nitrogens is 1. The number of likely N-dealkylation sites (N-methyl/N-ethyl adjacent to an activating group) is 1. The number of para-hydroxylation sites is 1. The van der Waals surface area contributed by atoms with Gasteiger partial charge in [-0.1, -0.05) is 18.2 Å². The molecule has 1 aromatic heterocycles. The highest BCUT2D eigenvalue weighted by molar-refractivity contribution is 7.91. The first kappa shape index (κ1) is 37.7. The van der Waals surface area contributed by atoms with Crippen LogP contribution in [0, 0.1) is 11.3 Å². The van der Waals surface area contributed by atoms with Gasteiger partial charge in [0.2, 0.25) is 11.8 Å². The number of carbonyl (C=O) groups is 4. The van der Waals surface area contributed by atoms with Gasteiger partial charge in [-0.25, -0.2) is 13.2 Å². The summed E-state index contributed by atoms with van der Waals surface area (Å²) < 4.78 is 56.2. The summed E-state index contributed by atoms with van der Waals surface area (Å²) in [5.74, 6) is -4.95. The average Bonchev–Trinajstić information content (AvgIpc) is 3.90. The molecule has 1 fully saturated rings. The van der Waals surface area contributed by atoms with Gasteiger partial charge in [0.25, 0.3) is 5.91 Å². The number of nitrogens with zero attached hydrogens (tertiary/aromatic N) is 4. The largest absolute Gasteiger partial charge is 0.490 e. The SMILES string of the molecule is CN[C@@H](C)C(=O)N[C@@H]1C(=O)N(Cc2c(C3CC3)cnc3ccccc23)c2ccc(C#N)cc2N(C(=O)CS(C)(=O)=O)[C@H]1C.O=C(O)C(F)(F)F. The fraction of sp³-hybridized carbons (Fsp3) is 0.394. The molecule has 1 aliphatic heterocycles. The number of amides is 3. The van der Waals surface area contributed by atoms with Gasteiger partial charge >= 0.3 is 12.1 Å². The third kappa shape index (κ3) is 8.55. The number of rotatable bonds is 8. The van der Waals surface area contributed by atoms with Crippen molar-refractivity contribution in [1.82, 2.24) is 15.6 Å². The first-order valence-corrected chi connectivity index (χ1v) is 17.4. The fourth-order valence-electron chi connectivity index (χ4n) is 5.58. The zero-order valence-electron chi connectivity index (χ0n) is 27.5. The molecule has 3 aromatic rings. The summed E-state index contributed by atoms with van der Waals surface area (Å²) in [7, 11) is -2.14. The van der Waals surface area contributed by atoms with Crippen molar-refractivity contribution < 1.29 is 45.9 Å². The normalized spacial score (nSPS) is 18.2. The molecular formula is C33H35F3N6O7S. The van der Waals surface area contributed by atoms with Crippen LogP contribution < -0.4 is 20.4 Å². The molecule has 5 rings (SSSR count). The summed E-state index contributed by atoms with van der Waals surface area (Å²) in [5.41, 5.74) is 3.50. The summed E-state index contributed by atoms with van der Waals surface area (Å²) in [5, 5.41) is 23.4. The van der Waals surface area contributed by atoms with Crippen LogP contribution in [0.4, 0.5) is 24.5 Å². The molecule has 2 heterocycles. The molecule has 266 valence electrons. The number of alkyl halides is 3. The Morgan fingerprint density at radius 2 is 1.78 bits per heavy atom. The monoisotopic (exact) mass is 716 g/mol. The minimum Gasteiger partial charge on any atom is -0.475 e. The molecule has 0 unspecified atom stereocenters. The van der Waals surface area contributed by atoms with E-state index in [9.17, 15) is 41.2 Å². The van der Waals surface area contributed by atoms with Crippen LogP contribution in [0.5, 0.6) is 0 Å². The number of carbonyl (C=O) groups excluding carboxylic acids is 3. The maximum absolute atomic E-state index is 14.6. The number of pyridine rings is 1. The summed E-state index contributed by atoms with van der Waals surface area (Å²) in [6, 6.07) is 11.5. The molecule has 13 nitrogen and oxygen atoms in total. The minimum absolute atomic E-state index is 0.112. The van der Waals surface area contributed by atoms with Gasteiger partial charge in [0.1, 0.15) is 11.8 Å². The summed E-state index contributed by atoms with van der Waals surface area (Å²) in [4.78, 5) is 57.7. The van der Waals surface area contributed by atoms with Gasteiger partial charge < -0.3 is 25.5 Å². The van der Waals surface area contributed by atoms with Crippen LogP contribution in [0.1, 0.15) is 49.3 Å². The number of carboxylic acids is 1. The first-order chi connectivity index (χ1) is 23.4. The first-order valence-electron chi connectivity index (χ1n) is 15.4. The van der Waals surface area contributed by atoms with Crippen LogP contribution in [0.25, 0.3) is 10.9 Å². The van der Waals surface area contributed by atoms with Crippen LogP contribution >= 0.6 is 0 Å². The molecule has 2 aliphatic rings. The van der Waals surface area contributed by atoms with E-state index >= 15 is 0 Å². The molecule has 0 saturated heterocycles. The quantitative estimate of drug-likeness (QED) is 0.313. The van der Waals surface area contributed by atoms with E-state index in [1.807, 2.05) is 30.5 Å². The van der Waals surface area contributed by atoms with Gasteiger partial charge in [0, 0.05) is 17.8 Å². The number of hydrogen-bond donors (Lipinski definition) is 3.